The average molecular weight is 463 g/mol. The number of para-hydroxylation sites is 2. The van der Waals surface area contributed by atoms with E-state index in [4.69, 9.17) is 9.47 Å². The largest absolute Gasteiger partial charge is 0.493 e. The lowest BCUT2D eigenvalue weighted by Crippen LogP contribution is -2.17. The van der Waals surface area contributed by atoms with E-state index in [9.17, 15) is 4.79 Å². The van der Waals surface area contributed by atoms with Crippen LogP contribution in [0.5, 0.6) is 11.5 Å². The number of aromatic nitrogens is 2. The van der Waals surface area contributed by atoms with Crippen LogP contribution in [0.15, 0.2) is 103 Å². The van der Waals surface area contributed by atoms with E-state index in [1.807, 2.05) is 78.9 Å². The molecule has 0 unspecified atom stereocenters. The number of anilines is 3. The zero-order chi connectivity index (χ0) is 24.0. The highest BCUT2D eigenvalue weighted by Gasteiger charge is 2.13. The smallest absolute Gasteiger partial charge is 0.417 e. The molecule has 7 heteroatoms. The molecule has 0 saturated carbocycles. The summed E-state index contributed by atoms with van der Waals surface area (Å²) in [4.78, 5) is 21.2. The van der Waals surface area contributed by atoms with E-state index in [-0.39, 0.29) is 0 Å². The van der Waals surface area contributed by atoms with Crippen molar-refractivity contribution in [1.29, 1.82) is 0 Å². The first kappa shape index (κ1) is 21.9. The Balaban J connectivity index is 1.42. The molecule has 5 rings (SSSR count). The number of fused-ring (bicyclic) bond motifs is 1. The molecule has 0 spiro atoms. The van der Waals surface area contributed by atoms with Crippen molar-refractivity contribution < 1.29 is 14.3 Å². The number of methoxy groups -OCH3 is 1. The Kier molecular flexibility index (Phi) is 6.21. The van der Waals surface area contributed by atoms with Crippen LogP contribution in [0.2, 0.25) is 0 Å². The van der Waals surface area contributed by atoms with E-state index in [2.05, 4.69) is 20.6 Å². The summed E-state index contributed by atoms with van der Waals surface area (Å²) in [6.07, 6.45) is 0.949. The van der Waals surface area contributed by atoms with Gasteiger partial charge in [-0.05, 0) is 59.7 Å². The summed E-state index contributed by atoms with van der Waals surface area (Å²) >= 11 is 0. The summed E-state index contributed by atoms with van der Waals surface area (Å²) in [6, 6.07) is 30.4. The second-order valence-corrected chi connectivity index (χ2v) is 7.69. The van der Waals surface area contributed by atoms with Gasteiger partial charge in [0.2, 0.25) is 0 Å². The molecule has 0 aliphatic rings. The summed E-state index contributed by atoms with van der Waals surface area (Å²) in [5.74, 6) is 1.48. The van der Waals surface area contributed by atoms with Crippen molar-refractivity contribution in [2.75, 3.05) is 17.7 Å². The number of amides is 1. The van der Waals surface area contributed by atoms with Crippen molar-refractivity contribution in [2.45, 2.75) is 0 Å². The summed E-state index contributed by atoms with van der Waals surface area (Å²) in [7, 11) is 1.54. The first-order chi connectivity index (χ1) is 17.2. The molecule has 0 aliphatic heterocycles. The van der Waals surface area contributed by atoms with Crippen LogP contribution < -0.4 is 20.1 Å². The molecular formula is C28H22N4O3. The molecule has 1 aromatic heterocycles. The maximum absolute atomic E-state index is 12.3. The standard InChI is InChI=1S/C28H22N4O3/c1-34-26-17-20(13-15-25(26)35-28(33)32-22-10-6-3-7-11-22)19-12-14-24-23(16-19)27(30-18-29-24)31-21-8-4-2-5-9-21/h2-18H,1H3,(H,32,33)(H,29,30,31). The van der Waals surface area contributed by atoms with Crippen molar-refractivity contribution in [3.8, 4) is 22.6 Å². The van der Waals surface area contributed by atoms with Crippen LogP contribution in [-0.2, 0) is 0 Å². The monoisotopic (exact) mass is 462 g/mol. The molecule has 0 atom stereocenters. The van der Waals surface area contributed by atoms with Crippen molar-refractivity contribution >= 4 is 34.2 Å². The molecule has 0 fully saturated rings. The zero-order valence-corrected chi connectivity index (χ0v) is 18.9. The van der Waals surface area contributed by atoms with Crippen LogP contribution in [0, 0.1) is 0 Å². The van der Waals surface area contributed by atoms with Crippen LogP contribution in [0.4, 0.5) is 22.0 Å². The summed E-state index contributed by atoms with van der Waals surface area (Å²) < 4.78 is 11.0. The van der Waals surface area contributed by atoms with Crippen molar-refractivity contribution in [1.82, 2.24) is 9.97 Å². The van der Waals surface area contributed by atoms with Crippen molar-refractivity contribution in [3.63, 3.8) is 0 Å². The third kappa shape index (κ3) is 5.04. The van der Waals surface area contributed by atoms with Crippen LogP contribution in [0.25, 0.3) is 22.0 Å². The quantitative estimate of drug-likeness (QED) is 0.293. The third-order valence-corrected chi connectivity index (χ3v) is 5.39. The first-order valence-electron chi connectivity index (χ1n) is 11.0. The highest BCUT2D eigenvalue weighted by atomic mass is 16.6. The number of rotatable bonds is 6. The molecule has 0 bridgehead atoms. The molecule has 7 nitrogen and oxygen atoms in total. The molecule has 1 heterocycles. The van der Waals surface area contributed by atoms with Crippen molar-refractivity contribution in [2.24, 2.45) is 0 Å². The lowest BCUT2D eigenvalue weighted by molar-refractivity contribution is 0.213. The molecule has 0 radical (unpaired) electrons. The molecule has 4 aromatic carbocycles. The summed E-state index contributed by atoms with van der Waals surface area (Å²) in [5, 5.41) is 6.94. The van der Waals surface area contributed by atoms with Gasteiger partial charge in [-0.25, -0.2) is 14.8 Å². The Morgan fingerprint density at radius 1 is 0.743 bits per heavy atom. The SMILES string of the molecule is COc1cc(-c2ccc3ncnc(Nc4ccccc4)c3c2)ccc1OC(=O)Nc1ccccc1. The number of hydrogen-bond acceptors (Lipinski definition) is 6. The van der Waals surface area contributed by atoms with E-state index >= 15 is 0 Å². The van der Waals surface area contributed by atoms with Gasteiger partial charge in [-0.3, -0.25) is 5.32 Å². The fourth-order valence-corrected chi connectivity index (χ4v) is 3.69. The second kappa shape index (κ2) is 9.93. The first-order valence-corrected chi connectivity index (χ1v) is 11.0. The van der Waals surface area contributed by atoms with Crippen LogP contribution >= 0.6 is 0 Å². The fourth-order valence-electron chi connectivity index (χ4n) is 3.69. The number of benzene rings is 4. The lowest BCUT2D eigenvalue weighted by atomic mass is 10.0. The van der Waals surface area contributed by atoms with Gasteiger partial charge in [-0.15, -0.1) is 0 Å². The highest BCUT2D eigenvalue weighted by molar-refractivity contribution is 5.94. The Morgan fingerprint density at radius 2 is 1.43 bits per heavy atom. The summed E-state index contributed by atoms with van der Waals surface area (Å²) in [5.41, 5.74) is 4.25. The number of nitrogens with zero attached hydrogens (tertiary/aromatic N) is 2. The van der Waals surface area contributed by atoms with Gasteiger partial charge < -0.3 is 14.8 Å². The van der Waals surface area contributed by atoms with Gasteiger partial charge in [0.15, 0.2) is 11.5 Å². The molecule has 5 aromatic rings. The maximum atomic E-state index is 12.3. The molecule has 35 heavy (non-hydrogen) atoms. The second-order valence-electron chi connectivity index (χ2n) is 7.69. The average Bonchev–Trinajstić information content (AvgIpc) is 2.90. The maximum Gasteiger partial charge on any atom is 0.417 e. The molecular weight excluding hydrogens is 440 g/mol. The van der Waals surface area contributed by atoms with E-state index in [1.165, 1.54) is 7.11 Å². The molecule has 0 aliphatic carbocycles. The number of carbonyl (C=O) groups excluding carboxylic acids is 1. The molecule has 2 N–H and O–H groups in total. The lowest BCUT2D eigenvalue weighted by Gasteiger charge is -2.13. The van der Waals surface area contributed by atoms with Crippen LogP contribution in [0.3, 0.4) is 0 Å². The highest BCUT2D eigenvalue weighted by Crippen LogP contribution is 2.35. The van der Waals surface area contributed by atoms with E-state index < -0.39 is 6.09 Å². The molecule has 172 valence electrons. The van der Waals surface area contributed by atoms with Gasteiger partial charge in [-0.1, -0.05) is 48.5 Å². The van der Waals surface area contributed by atoms with Gasteiger partial charge >= 0.3 is 6.09 Å². The third-order valence-electron chi connectivity index (χ3n) is 5.39. The Morgan fingerprint density at radius 3 is 2.17 bits per heavy atom. The Bertz CT molecular complexity index is 1470. The number of ether oxygens (including phenoxy) is 2. The minimum atomic E-state index is -0.596. The van der Waals surface area contributed by atoms with Gasteiger partial charge in [0.05, 0.1) is 12.6 Å². The predicted octanol–water partition coefficient (Wildman–Crippen LogP) is 6.66. The minimum Gasteiger partial charge on any atom is -0.493 e. The molecule has 0 saturated heterocycles. The minimum absolute atomic E-state index is 0.320. The van der Waals surface area contributed by atoms with Crippen LogP contribution in [0.1, 0.15) is 0 Å². The van der Waals surface area contributed by atoms with Gasteiger partial charge in [0.25, 0.3) is 0 Å². The Labute approximate surface area is 202 Å². The number of nitrogens with one attached hydrogen (secondary N) is 2. The van der Waals surface area contributed by atoms with E-state index in [0.717, 1.165) is 27.7 Å². The van der Waals surface area contributed by atoms with Gasteiger partial charge in [0.1, 0.15) is 12.1 Å². The Hall–Kier alpha value is -4.91. The topological polar surface area (TPSA) is 85.4 Å². The normalized spacial score (nSPS) is 10.5. The van der Waals surface area contributed by atoms with Gasteiger partial charge in [-0.2, -0.15) is 0 Å². The zero-order valence-electron chi connectivity index (χ0n) is 18.9. The van der Waals surface area contributed by atoms with E-state index in [0.29, 0.717) is 23.0 Å². The van der Waals surface area contributed by atoms with Gasteiger partial charge in [0, 0.05) is 16.8 Å². The van der Waals surface area contributed by atoms with E-state index in [1.54, 1.807) is 24.5 Å². The molecule has 1 amide bonds. The number of carbonyl (C=O) groups is 1. The fraction of sp³-hybridized carbons (Fsp3) is 0.0357. The van der Waals surface area contributed by atoms with Crippen molar-refractivity contribution in [3.05, 3.63) is 103 Å². The number of hydrogen-bond donors (Lipinski definition) is 2. The summed E-state index contributed by atoms with van der Waals surface area (Å²) in [6.45, 7) is 0. The van der Waals surface area contributed by atoms with Crippen LogP contribution in [-0.4, -0.2) is 23.2 Å². The predicted molar refractivity (Wildman–Crippen MR) is 137 cm³/mol.